The molecular formula is C12H11N3O3. The first-order valence-electron chi connectivity index (χ1n) is 5.55. The molecule has 0 bridgehead atoms. The molecule has 1 aromatic carbocycles. The van der Waals surface area contributed by atoms with E-state index in [9.17, 15) is 9.59 Å². The second-order valence-electron chi connectivity index (χ2n) is 4.22. The van der Waals surface area contributed by atoms with Gasteiger partial charge in [-0.3, -0.25) is 10.0 Å². The number of carbonyl (C=O) groups excluding carboxylic acids is 2. The summed E-state index contributed by atoms with van der Waals surface area (Å²) in [6, 6.07) is 6.23. The van der Waals surface area contributed by atoms with Crippen LogP contribution >= 0.6 is 0 Å². The first-order valence-corrected chi connectivity index (χ1v) is 5.55. The Balaban J connectivity index is 1.89. The average molecular weight is 245 g/mol. The monoisotopic (exact) mass is 245 g/mol. The van der Waals surface area contributed by atoms with Crippen LogP contribution in [0.2, 0.25) is 0 Å². The fraction of sp³-hybridized carbons (Fsp3) is 0.167. The number of aromatic nitrogens is 1. The van der Waals surface area contributed by atoms with Crippen molar-refractivity contribution in [2.75, 3.05) is 0 Å². The Labute approximate surface area is 102 Å². The van der Waals surface area contributed by atoms with E-state index in [4.69, 9.17) is 5.21 Å². The second kappa shape index (κ2) is 3.85. The van der Waals surface area contributed by atoms with Gasteiger partial charge in [0, 0.05) is 23.5 Å². The summed E-state index contributed by atoms with van der Waals surface area (Å²) >= 11 is 0. The third-order valence-corrected chi connectivity index (χ3v) is 3.10. The molecule has 3 amide bonds. The lowest BCUT2D eigenvalue weighted by Gasteiger charge is -2.06. The number of hydrogen-bond acceptors (Lipinski definition) is 3. The molecule has 1 fully saturated rings. The number of rotatable bonds is 2. The van der Waals surface area contributed by atoms with Gasteiger partial charge in [0.05, 0.1) is 0 Å². The maximum Gasteiger partial charge on any atom is 0.349 e. The molecule has 0 aliphatic carbocycles. The van der Waals surface area contributed by atoms with Crippen molar-refractivity contribution in [3.63, 3.8) is 0 Å². The van der Waals surface area contributed by atoms with Crippen molar-refractivity contribution in [3.05, 3.63) is 36.0 Å². The van der Waals surface area contributed by atoms with E-state index in [-0.39, 0.29) is 5.06 Å². The third kappa shape index (κ3) is 1.54. The molecule has 1 atom stereocenters. The topological polar surface area (TPSA) is 85.4 Å². The van der Waals surface area contributed by atoms with Crippen LogP contribution in [0.4, 0.5) is 4.79 Å². The van der Waals surface area contributed by atoms with Gasteiger partial charge in [-0.25, -0.2) is 4.79 Å². The summed E-state index contributed by atoms with van der Waals surface area (Å²) < 4.78 is 0. The highest BCUT2D eigenvalue weighted by molar-refractivity contribution is 6.03. The van der Waals surface area contributed by atoms with Crippen LogP contribution in [-0.4, -0.2) is 33.2 Å². The minimum atomic E-state index is -0.773. The van der Waals surface area contributed by atoms with Gasteiger partial charge in [0.1, 0.15) is 6.04 Å². The molecule has 6 nitrogen and oxygen atoms in total. The van der Waals surface area contributed by atoms with Crippen LogP contribution in [0.3, 0.4) is 0 Å². The van der Waals surface area contributed by atoms with Crippen molar-refractivity contribution in [1.82, 2.24) is 15.4 Å². The molecule has 2 aromatic rings. The van der Waals surface area contributed by atoms with Crippen molar-refractivity contribution in [1.29, 1.82) is 0 Å². The zero-order chi connectivity index (χ0) is 12.7. The number of carbonyl (C=O) groups is 2. The van der Waals surface area contributed by atoms with Gasteiger partial charge >= 0.3 is 6.03 Å². The van der Waals surface area contributed by atoms with E-state index >= 15 is 0 Å². The SMILES string of the molecule is O=C1N[C@@H](Cc2c[nH]c3ccccc23)C(=O)N1O. The van der Waals surface area contributed by atoms with E-state index in [0.29, 0.717) is 6.42 Å². The maximum atomic E-state index is 11.6. The predicted molar refractivity (Wildman–Crippen MR) is 63.0 cm³/mol. The fourth-order valence-corrected chi connectivity index (χ4v) is 2.18. The number of benzene rings is 1. The molecular weight excluding hydrogens is 234 g/mol. The molecule has 3 rings (SSSR count). The summed E-state index contributed by atoms with van der Waals surface area (Å²) in [5, 5.41) is 12.7. The van der Waals surface area contributed by atoms with Crippen LogP contribution in [-0.2, 0) is 11.2 Å². The van der Waals surface area contributed by atoms with Gasteiger partial charge in [-0.15, -0.1) is 5.06 Å². The number of para-hydroxylation sites is 1. The number of fused-ring (bicyclic) bond motifs is 1. The third-order valence-electron chi connectivity index (χ3n) is 3.10. The normalized spacial score (nSPS) is 19.6. The highest BCUT2D eigenvalue weighted by atomic mass is 16.5. The van der Waals surface area contributed by atoms with E-state index in [2.05, 4.69) is 10.3 Å². The summed E-state index contributed by atoms with van der Waals surface area (Å²) in [6.07, 6.45) is 2.16. The molecule has 92 valence electrons. The molecule has 0 unspecified atom stereocenters. The largest absolute Gasteiger partial charge is 0.361 e. The number of H-pyrrole nitrogens is 1. The molecule has 0 radical (unpaired) electrons. The van der Waals surface area contributed by atoms with Gasteiger partial charge in [0.25, 0.3) is 5.91 Å². The van der Waals surface area contributed by atoms with E-state index in [0.717, 1.165) is 16.5 Å². The van der Waals surface area contributed by atoms with Crippen LogP contribution in [0.5, 0.6) is 0 Å². The van der Waals surface area contributed by atoms with Crippen molar-refractivity contribution >= 4 is 22.8 Å². The Morgan fingerprint density at radius 2 is 2.06 bits per heavy atom. The minimum Gasteiger partial charge on any atom is -0.361 e. The van der Waals surface area contributed by atoms with Crippen LogP contribution in [0.25, 0.3) is 10.9 Å². The first-order chi connectivity index (χ1) is 8.66. The van der Waals surface area contributed by atoms with Crippen LogP contribution < -0.4 is 5.32 Å². The van der Waals surface area contributed by atoms with E-state index < -0.39 is 18.0 Å². The van der Waals surface area contributed by atoms with Gasteiger partial charge < -0.3 is 10.3 Å². The van der Waals surface area contributed by atoms with Crippen LogP contribution in [0, 0.1) is 0 Å². The van der Waals surface area contributed by atoms with Gasteiger partial charge in [-0.2, -0.15) is 0 Å². The zero-order valence-electron chi connectivity index (χ0n) is 9.38. The maximum absolute atomic E-state index is 11.6. The van der Waals surface area contributed by atoms with Gasteiger partial charge in [0.2, 0.25) is 0 Å². The molecule has 6 heteroatoms. The number of urea groups is 1. The smallest absolute Gasteiger partial charge is 0.349 e. The standard InChI is InChI=1S/C12H11N3O3/c16-11-10(14-12(17)15(11)18)5-7-6-13-9-4-2-1-3-8(7)9/h1-4,6,10,13,18H,5H2,(H,14,17)/t10-/m0/s1. The molecule has 18 heavy (non-hydrogen) atoms. The Hall–Kier alpha value is -2.34. The fourth-order valence-electron chi connectivity index (χ4n) is 2.18. The Morgan fingerprint density at radius 3 is 2.78 bits per heavy atom. The van der Waals surface area contributed by atoms with Crippen molar-refractivity contribution in [2.24, 2.45) is 0 Å². The predicted octanol–water partition coefficient (Wildman–Crippen LogP) is 1.02. The van der Waals surface area contributed by atoms with E-state index in [1.54, 1.807) is 0 Å². The molecule has 2 heterocycles. The Bertz CT molecular complexity index is 634. The molecule has 1 aliphatic rings. The van der Waals surface area contributed by atoms with Gasteiger partial charge in [-0.05, 0) is 11.6 Å². The molecule has 3 N–H and O–H groups in total. The van der Waals surface area contributed by atoms with Crippen molar-refractivity contribution in [3.8, 4) is 0 Å². The van der Waals surface area contributed by atoms with Crippen LogP contribution in [0.1, 0.15) is 5.56 Å². The summed E-state index contributed by atoms with van der Waals surface area (Å²) in [5.74, 6) is -0.620. The number of hydroxylamine groups is 2. The van der Waals surface area contributed by atoms with Gasteiger partial charge in [0.15, 0.2) is 0 Å². The van der Waals surface area contributed by atoms with E-state index in [1.165, 1.54) is 0 Å². The lowest BCUT2D eigenvalue weighted by molar-refractivity contribution is -0.149. The van der Waals surface area contributed by atoms with E-state index in [1.807, 2.05) is 30.5 Å². The average Bonchev–Trinajstić information content (AvgIpc) is 2.89. The lowest BCUT2D eigenvalue weighted by Crippen LogP contribution is -2.31. The summed E-state index contributed by atoms with van der Waals surface area (Å²) in [4.78, 5) is 25.8. The first kappa shape index (κ1) is 10.8. The molecule has 0 saturated carbocycles. The quantitative estimate of drug-likeness (QED) is 0.545. The second-order valence-corrected chi connectivity index (χ2v) is 4.22. The molecule has 1 aliphatic heterocycles. The van der Waals surface area contributed by atoms with Crippen molar-refractivity contribution < 1.29 is 14.8 Å². The number of hydrogen-bond donors (Lipinski definition) is 3. The van der Waals surface area contributed by atoms with Crippen molar-refractivity contribution in [2.45, 2.75) is 12.5 Å². The highest BCUT2D eigenvalue weighted by Crippen LogP contribution is 2.20. The molecule has 1 saturated heterocycles. The summed E-state index contributed by atoms with van der Waals surface area (Å²) in [6.45, 7) is 0. The summed E-state index contributed by atoms with van der Waals surface area (Å²) in [7, 11) is 0. The lowest BCUT2D eigenvalue weighted by atomic mass is 10.1. The minimum absolute atomic E-state index is 0.125. The molecule has 0 spiro atoms. The Kier molecular flexibility index (Phi) is 2.31. The zero-order valence-corrected chi connectivity index (χ0v) is 9.38. The van der Waals surface area contributed by atoms with Gasteiger partial charge in [-0.1, -0.05) is 18.2 Å². The number of aromatic amines is 1. The number of amides is 3. The number of nitrogens with zero attached hydrogens (tertiary/aromatic N) is 1. The highest BCUT2D eigenvalue weighted by Gasteiger charge is 2.37. The summed E-state index contributed by atoms with van der Waals surface area (Å²) in [5.41, 5.74) is 1.91. The molecule has 1 aromatic heterocycles. The Morgan fingerprint density at radius 1 is 1.28 bits per heavy atom. The number of imide groups is 1. The number of nitrogens with one attached hydrogen (secondary N) is 2. The van der Waals surface area contributed by atoms with Crippen LogP contribution in [0.15, 0.2) is 30.5 Å².